The molecule has 1 aromatic rings. The molecule has 3 heteroatoms. The van der Waals surface area contributed by atoms with Crippen LogP contribution in [0.2, 0.25) is 0 Å². The van der Waals surface area contributed by atoms with Gasteiger partial charge in [0.25, 0.3) is 0 Å². The van der Waals surface area contributed by atoms with E-state index < -0.39 is 0 Å². The molecule has 3 nitrogen and oxygen atoms in total. The lowest BCUT2D eigenvalue weighted by molar-refractivity contribution is 0.332. The van der Waals surface area contributed by atoms with Gasteiger partial charge in [0, 0.05) is 6.07 Å². The van der Waals surface area contributed by atoms with Gasteiger partial charge >= 0.3 is 0 Å². The van der Waals surface area contributed by atoms with Crippen LogP contribution in [0.15, 0.2) is 24.3 Å². The first kappa shape index (κ1) is 13.8. The summed E-state index contributed by atoms with van der Waals surface area (Å²) < 4.78 is 11.0. The van der Waals surface area contributed by atoms with Crippen LogP contribution in [-0.4, -0.2) is 37.7 Å². The van der Waals surface area contributed by atoms with Crippen LogP contribution in [0.3, 0.4) is 0 Å². The summed E-state index contributed by atoms with van der Waals surface area (Å²) in [6.07, 6.45) is 2.62. The van der Waals surface area contributed by atoms with Crippen molar-refractivity contribution in [3.63, 3.8) is 0 Å². The van der Waals surface area contributed by atoms with Crippen molar-refractivity contribution in [2.75, 3.05) is 32.8 Å². The molecule has 0 bridgehead atoms. The summed E-state index contributed by atoms with van der Waals surface area (Å²) in [5.74, 6) is 7.86. The zero-order valence-electron chi connectivity index (χ0n) is 11.5. The van der Waals surface area contributed by atoms with Crippen LogP contribution in [0.25, 0.3) is 0 Å². The van der Waals surface area contributed by atoms with Crippen molar-refractivity contribution < 1.29 is 9.47 Å². The number of ether oxygens (including phenoxy) is 2. The van der Waals surface area contributed by atoms with Gasteiger partial charge in [0.1, 0.15) is 18.1 Å². The number of hydrogen-bond acceptors (Lipinski definition) is 3. The smallest absolute Gasteiger partial charge is 0.149 e. The minimum absolute atomic E-state index is 0.434. The van der Waals surface area contributed by atoms with E-state index in [4.69, 9.17) is 9.47 Å². The Hall–Kier alpha value is -1.66. The summed E-state index contributed by atoms with van der Waals surface area (Å²) in [6, 6.07) is 7.67. The highest BCUT2D eigenvalue weighted by Crippen LogP contribution is 2.19. The van der Waals surface area contributed by atoms with Gasteiger partial charge in [0.2, 0.25) is 0 Å². The lowest BCUT2D eigenvalue weighted by Gasteiger charge is -2.08. The van der Waals surface area contributed by atoms with Gasteiger partial charge in [-0.1, -0.05) is 17.9 Å². The van der Waals surface area contributed by atoms with E-state index in [1.807, 2.05) is 31.2 Å². The third-order valence-corrected chi connectivity index (χ3v) is 3.05. The number of likely N-dealkylation sites (tertiary alicyclic amines) is 1. The van der Waals surface area contributed by atoms with Crippen LogP contribution in [-0.2, 0) is 0 Å². The van der Waals surface area contributed by atoms with Crippen LogP contribution in [0.1, 0.15) is 19.8 Å². The van der Waals surface area contributed by atoms with Gasteiger partial charge in [-0.25, -0.2) is 0 Å². The first-order chi connectivity index (χ1) is 9.38. The predicted octanol–water partition coefficient (Wildman–Crippen LogP) is 2.56. The molecule has 0 saturated carbocycles. The molecule has 102 valence electrons. The fraction of sp³-hybridized carbons (Fsp3) is 0.500. The van der Waals surface area contributed by atoms with Crippen molar-refractivity contribution in [3.8, 4) is 23.3 Å². The van der Waals surface area contributed by atoms with Crippen molar-refractivity contribution in [1.29, 1.82) is 0 Å². The molecule has 1 heterocycles. The molecule has 0 unspecified atom stereocenters. The Morgan fingerprint density at radius 3 is 2.58 bits per heavy atom. The van der Waals surface area contributed by atoms with Gasteiger partial charge in [0.15, 0.2) is 0 Å². The van der Waals surface area contributed by atoms with E-state index in [9.17, 15) is 0 Å². The molecule has 0 spiro atoms. The molecular formula is C16H21NO2. The lowest BCUT2D eigenvalue weighted by Crippen LogP contribution is -2.19. The number of hydrogen-bond donors (Lipinski definition) is 0. The molecule has 0 radical (unpaired) electrons. The molecule has 0 atom stereocenters. The summed E-state index contributed by atoms with van der Waals surface area (Å²) in [6.45, 7) is 6.31. The van der Waals surface area contributed by atoms with Gasteiger partial charge in [0.05, 0.1) is 13.2 Å². The molecule has 0 amide bonds. The van der Waals surface area contributed by atoms with Crippen LogP contribution >= 0.6 is 0 Å². The average Bonchev–Trinajstić information content (AvgIpc) is 2.92. The fourth-order valence-corrected chi connectivity index (χ4v) is 2.10. The first-order valence-electron chi connectivity index (χ1n) is 6.92. The normalized spacial score (nSPS) is 14.8. The van der Waals surface area contributed by atoms with E-state index in [1.54, 1.807) is 0 Å². The van der Waals surface area contributed by atoms with Crippen molar-refractivity contribution in [1.82, 2.24) is 4.90 Å². The van der Waals surface area contributed by atoms with Crippen molar-refractivity contribution in [3.05, 3.63) is 24.3 Å². The molecule has 1 aliphatic rings. The fourth-order valence-electron chi connectivity index (χ4n) is 2.10. The van der Waals surface area contributed by atoms with E-state index >= 15 is 0 Å². The molecule has 0 N–H and O–H groups in total. The first-order valence-corrected chi connectivity index (χ1v) is 6.92. The van der Waals surface area contributed by atoms with Gasteiger partial charge < -0.3 is 9.47 Å². The van der Waals surface area contributed by atoms with E-state index in [0.29, 0.717) is 13.2 Å². The number of nitrogens with zero attached hydrogens (tertiary/aromatic N) is 1. The summed E-state index contributed by atoms with van der Waals surface area (Å²) in [4.78, 5) is 2.38. The largest absolute Gasteiger partial charge is 0.494 e. The Morgan fingerprint density at radius 2 is 1.84 bits per heavy atom. The average molecular weight is 259 g/mol. The van der Waals surface area contributed by atoms with E-state index in [2.05, 4.69) is 16.7 Å². The van der Waals surface area contributed by atoms with Crippen molar-refractivity contribution in [2.45, 2.75) is 19.8 Å². The van der Waals surface area contributed by atoms with Crippen LogP contribution in [0.4, 0.5) is 0 Å². The summed E-state index contributed by atoms with van der Waals surface area (Å²) in [5, 5.41) is 0. The quantitative estimate of drug-likeness (QED) is 0.759. The molecule has 1 aliphatic heterocycles. The van der Waals surface area contributed by atoms with E-state index in [0.717, 1.165) is 18.0 Å². The summed E-state index contributed by atoms with van der Waals surface area (Å²) in [7, 11) is 0. The maximum absolute atomic E-state index is 5.59. The lowest BCUT2D eigenvalue weighted by atomic mass is 10.3. The minimum Gasteiger partial charge on any atom is -0.494 e. The highest BCUT2D eigenvalue weighted by Gasteiger charge is 2.08. The Kier molecular flexibility index (Phi) is 5.58. The zero-order valence-corrected chi connectivity index (χ0v) is 11.5. The van der Waals surface area contributed by atoms with Gasteiger partial charge in [-0.3, -0.25) is 4.90 Å². The number of benzene rings is 1. The standard InChI is InChI=1S/C16H21NO2/c1-2-18-15-8-7-9-16(14-15)19-13-6-5-12-17-10-3-4-11-17/h7-9,14H,2-4,10-13H2,1H3. The number of rotatable bonds is 5. The molecule has 19 heavy (non-hydrogen) atoms. The molecule has 2 rings (SSSR count). The third kappa shape index (κ3) is 4.84. The van der Waals surface area contributed by atoms with Crippen LogP contribution < -0.4 is 9.47 Å². The second kappa shape index (κ2) is 7.70. The molecular weight excluding hydrogens is 238 g/mol. The minimum atomic E-state index is 0.434. The van der Waals surface area contributed by atoms with Crippen molar-refractivity contribution >= 4 is 0 Å². The second-order valence-electron chi connectivity index (χ2n) is 4.53. The van der Waals surface area contributed by atoms with E-state index in [1.165, 1.54) is 25.9 Å². The molecule has 0 aromatic heterocycles. The van der Waals surface area contributed by atoms with Gasteiger partial charge in [-0.15, -0.1) is 0 Å². The Balaban J connectivity index is 1.72. The Bertz CT molecular complexity index is 442. The van der Waals surface area contributed by atoms with Crippen molar-refractivity contribution in [2.24, 2.45) is 0 Å². The topological polar surface area (TPSA) is 21.7 Å². The SMILES string of the molecule is CCOc1cccc(OCC#CCN2CCCC2)c1. The summed E-state index contributed by atoms with van der Waals surface area (Å²) in [5.41, 5.74) is 0. The van der Waals surface area contributed by atoms with Gasteiger partial charge in [-0.05, 0) is 45.0 Å². The summed E-state index contributed by atoms with van der Waals surface area (Å²) >= 11 is 0. The van der Waals surface area contributed by atoms with Crippen LogP contribution in [0, 0.1) is 11.8 Å². The Morgan fingerprint density at radius 1 is 1.11 bits per heavy atom. The van der Waals surface area contributed by atoms with Gasteiger partial charge in [-0.2, -0.15) is 0 Å². The monoisotopic (exact) mass is 259 g/mol. The maximum Gasteiger partial charge on any atom is 0.149 e. The molecule has 1 aromatic carbocycles. The molecule has 1 fully saturated rings. The third-order valence-electron chi connectivity index (χ3n) is 3.05. The molecule has 1 saturated heterocycles. The van der Waals surface area contributed by atoms with E-state index in [-0.39, 0.29) is 0 Å². The highest BCUT2D eigenvalue weighted by molar-refractivity contribution is 5.33. The predicted molar refractivity (Wildman–Crippen MR) is 76.6 cm³/mol. The highest BCUT2D eigenvalue weighted by atomic mass is 16.5. The molecule has 0 aliphatic carbocycles. The Labute approximate surface area is 115 Å². The second-order valence-corrected chi connectivity index (χ2v) is 4.53. The van der Waals surface area contributed by atoms with Crippen LogP contribution in [0.5, 0.6) is 11.5 Å². The zero-order chi connectivity index (χ0) is 13.3. The maximum atomic E-state index is 5.59.